The number of likely N-dealkylation sites (tertiary alicyclic amines) is 1. The Balaban J connectivity index is 1.94. The number of amides is 2. The Labute approximate surface area is 110 Å². The summed E-state index contributed by atoms with van der Waals surface area (Å²) in [5.41, 5.74) is 0.664. The molecule has 6 heteroatoms. The molecule has 2 N–H and O–H groups in total. The minimum absolute atomic E-state index is 0.0615. The normalized spacial score (nSPS) is 18.4. The zero-order valence-corrected chi connectivity index (χ0v) is 10.2. The Morgan fingerprint density at radius 3 is 2.63 bits per heavy atom. The van der Waals surface area contributed by atoms with Crippen molar-refractivity contribution in [3.05, 3.63) is 30.3 Å². The van der Waals surface area contributed by atoms with Crippen molar-refractivity contribution in [2.45, 2.75) is 6.42 Å². The zero-order valence-electron chi connectivity index (χ0n) is 10.2. The van der Waals surface area contributed by atoms with Gasteiger partial charge in [0.2, 0.25) is 11.8 Å². The molecule has 0 spiro atoms. The van der Waals surface area contributed by atoms with Crippen LogP contribution in [0.2, 0.25) is 0 Å². The molecule has 0 aliphatic carbocycles. The number of aliphatic carboxylic acids is 1. The first-order valence-corrected chi connectivity index (χ1v) is 5.92. The topological polar surface area (TPSA) is 86.7 Å². The summed E-state index contributed by atoms with van der Waals surface area (Å²) in [6.07, 6.45) is 0.0615. The fourth-order valence-corrected chi connectivity index (χ4v) is 2.03. The van der Waals surface area contributed by atoms with E-state index < -0.39 is 11.9 Å². The summed E-state index contributed by atoms with van der Waals surface area (Å²) >= 11 is 0. The number of nitrogens with zero attached hydrogens (tertiary/aromatic N) is 1. The van der Waals surface area contributed by atoms with Crippen LogP contribution in [0.3, 0.4) is 0 Å². The van der Waals surface area contributed by atoms with Gasteiger partial charge in [0.05, 0.1) is 5.92 Å². The highest BCUT2D eigenvalue weighted by atomic mass is 16.4. The second-order valence-corrected chi connectivity index (χ2v) is 4.42. The lowest BCUT2D eigenvalue weighted by atomic mass is 10.1. The highest BCUT2D eigenvalue weighted by Crippen LogP contribution is 2.19. The number of carbonyl (C=O) groups is 3. The van der Waals surface area contributed by atoms with Gasteiger partial charge >= 0.3 is 5.97 Å². The van der Waals surface area contributed by atoms with Gasteiger partial charge in [0.1, 0.15) is 6.54 Å². The number of para-hydroxylation sites is 1. The molecule has 0 saturated carbocycles. The first-order valence-electron chi connectivity index (χ1n) is 5.92. The number of carboxylic acids is 1. The number of hydrogen-bond donors (Lipinski definition) is 2. The Kier molecular flexibility index (Phi) is 3.79. The SMILES string of the molecule is O=C(O)CN1CC(C(=O)Nc2ccccc2)CC1=O. The van der Waals surface area contributed by atoms with Gasteiger partial charge in [0.15, 0.2) is 0 Å². The highest BCUT2D eigenvalue weighted by molar-refractivity contribution is 5.97. The molecule has 1 aromatic carbocycles. The lowest BCUT2D eigenvalue weighted by molar-refractivity contribution is -0.142. The summed E-state index contributed by atoms with van der Waals surface area (Å²) in [5.74, 6) is -2.12. The van der Waals surface area contributed by atoms with E-state index in [2.05, 4.69) is 5.32 Å². The van der Waals surface area contributed by atoms with E-state index in [-0.39, 0.29) is 31.3 Å². The van der Waals surface area contributed by atoms with E-state index in [1.54, 1.807) is 24.3 Å². The van der Waals surface area contributed by atoms with E-state index in [0.29, 0.717) is 5.69 Å². The Morgan fingerprint density at radius 2 is 2.00 bits per heavy atom. The molecule has 1 saturated heterocycles. The molecule has 1 aliphatic rings. The number of nitrogens with one attached hydrogen (secondary N) is 1. The van der Waals surface area contributed by atoms with Gasteiger partial charge < -0.3 is 15.3 Å². The second kappa shape index (κ2) is 5.51. The molecule has 100 valence electrons. The Bertz CT molecular complexity index is 501. The maximum atomic E-state index is 12.0. The molecule has 6 nitrogen and oxygen atoms in total. The number of hydrogen-bond acceptors (Lipinski definition) is 3. The van der Waals surface area contributed by atoms with Crippen LogP contribution in [-0.4, -0.2) is 40.9 Å². The van der Waals surface area contributed by atoms with Crippen LogP contribution >= 0.6 is 0 Å². The number of rotatable bonds is 4. The summed E-state index contributed by atoms with van der Waals surface area (Å²) in [6.45, 7) is -0.197. The number of benzene rings is 1. The molecule has 1 heterocycles. The van der Waals surface area contributed by atoms with Crippen molar-refractivity contribution in [3.8, 4) is 0 Å². The Hall–Kier alpha value is -2.37. The average Bonchev–Trinajstić information content (AvgIpc) is 2.71. The fourth-order valence-electron chi connectivity index (χ4n) is 2.03. The lowest BCUT2D eigenvalue weighted by Gasteiger charge is -2.13. The zero-order chi connectivity index (χ0) is 13.8. The summed E-state index contributed by atoms with van der Waals surface area (Å²) in [4.78, 5) is 35.3. The molecule has 1 fully saturated rings. The van der Waals surface area contributed by atoms with Crippen molar-refractivity contribution in [3.63, 3.8) is 0 Å². The van der Waals surface area contributed by atoms with E-state index in [1.807, 2.05) is 6.07 Å². The van der Waals surface area contributed by atoms with Gasteiger partial charge in [-0.15, -0.1) is 0 Å². The molecule has 2 rings (SSSR count). The van der Waals surface area contributed by atoms with Crippen molar-refractivity contribution >= 4 is 23.5 Å². The van der Waals surface area contributed by atoms with Crippen LogP contribution in [0.25, 0.3) is 0 Å². The van der Waals surface area contributed by atoms with E-state index >= 15 is 0 Å². The molecule has 0 aromatic heterocycles. The van der Waals surface area contributed by atoms with Crippen LogP contribution in [0.5, 0.6) is 0 Å². The molecule has 0 radical (unpaired) electrons. The van der Waals surface area contributed by atoms with Crippen molar-refractivity contribution in [1.29, 1.82) is 0 Å². The van der Waals surface area contributed by atoms with Crippen molar-refractivity contribution in [1.82, 2.24) is 4.90 Å². The van der Waals surface area contributed by atoms with Gasteiger partial charge in [0.25, 0.3) is 0 Å². The number of carboxylic acid groups (broad SMARTS) is 1. The third-order valence-electron chi connectivity index (χ3n) is 2.95. The van der Waals surface area contributed by atoms with Gasteiger partial charge in [-0.3, -0.25) is 14.4 Å². The van der Waals surface area contributed by atoms with Crippen LogP contribution in [0, 0.1) is 5.92 Å². The largest absolute Gasteiger partial charge is 0.480 e. The summed E-state index contributed by atoms with van der Waals surface area (Å²) in [6, 6.07) is 8.94. The van der Waals surface area contributed by atoms with Crippen LogP contribution in [0.15, 0.2) is 30.3 Å². The highest BCUT2D eigenvalue weighted by Gasteiger charge is 2.35. The van der Waals surface area contributed by atoms with E-state index in [0.717, 1.165) is 0 Å². The molecule has 1 unspecified atom stereocenters. The van der Waals surface area contributed by atoms with E-state index in [4.69, 9.17) is 5.11 Å². The molecular weight excluding hydrogens is 248 g/mol. The summed E-state index contributed by atoms with van der Waals surface area (Å²) < 4.78 is 0. The standard InChI is InChI=1S/C13H14N2O4/c16-11-6-9(7-15(11)8-12(17)18)13(19)14-10-4-2-1-3-5-10/h1-5,9H,6-8H2,(H,14,19)(H,17,18). The van der Waals surface area contributed by atoms with Gasteiger partial charge in [0, 0.05) is 18.7 Å². The fraction of sp³-hybridized carbons (Fsp3) is 0.308. The number of carbonyl (C=O) groups excluding carboxylic acids is 2. The van der Waals surface area contributed by atoms with Gasteiger partial charge in [-0.2, -0.15) is 0 Å². The quantitative estimate of drug-likeness (QED) is 0.830. The van der Waals surface area contributed by atoms with Gasteiger partial charge in [-0.1, -0.05) is 18.2 Å². The molecule has 2 amide bonds. The first kappa shape index (κ1) is 13.1. The molecule has 1 aromatic rings. The summed E-state index contributed by atoms with van der Waals surface area (Å²) in [7, 11) is 0. The van der Waals surface area contributed by atoms with Crippen molar-refractivity contribution in [2.24, 2.45) is 5.92 Å². The van der Waals surface area contributed by atoms with Crippen LogP contribution < -0.4 is 5.32 Å². The van der Waals surface area contributed by atoms with Gasteiger partial charge in [-0.25, -0.2) is 0 Å². The monoisotopic (exact) mass is 262 g/mol. The van der Waals surface area contributed by atoms with Gasteiger partial charge in [-0.05, 0) is 12.1 Å². The van der Waals surface area contributed by atoms with E-state index in [9.17, 15) is 14.4 Å². The summed E-state index contributed by atoms with van der Waals surface area (Å²) in [5, 5.41) is 11.4. The van der Waals surface area contributed by atoms with E-state index in [1.165, 1.54) is 4.90 Å². The van der Waals surface area contributed by atoms with Crippen LogP contribution in [0.1, 0.15) is 6.42 Å². The van der Waals surface area contributed by atoms with Crippen molar-refractivity contribution in [2.75, 3.05) is 18.4 Å². The molecule has 1 atom stereocenters. The Morgan fingerprint density at radius 1 is 1.32 bits per heavy atom. The average molecular weight is 262 g/mol. The van der Waals surface area contributed by atoms with Crippen molar-refractivity contribution < 1.29 is 19.5 Å². The molecular formula is C13H14N2O4. The number of anilines is 1. The van der Waals surface area contributed by atoms with Crippen LogP contribution in [0.4, 0.5) is 5.69 Å². The maximum absolute atomic E-state index is 12.0. The second-order valence-electron chi connectivity index (χ2n) is 4.42. The molecule has 0 bridgehead atoms. The third-order valence-corrected chi connectivity index (χ3v) is 2.95. The maximum Gasteiger partial charge on any atom is 0.323 e. The molecule has 19 heavy (non-hydrogen) atoms. The van der Waals surface area contributed by atoms with Crippen LogP contribution in [-0.2, 0) is 14.4 Å². The molecule has 1 aliphatic heterocycles. The smallest absolute Gasteiger partial charge is 0.323 e. The predicted octanol–water partition coefficient (Wildman–Crippen LogP) is 0.558. The minimum Gasteiger partial charge on any atom is -0.480 e. The predicted molar refractivity (Wildman–Crippen MR) is 67.4 cm³/mol. The third kappa shape index (κ3) is 3.31. The first-order chi connectivity index (χ1) is 9.06. The lowest BCUT2D eigenvalue weighted by Crippen LogP contribution is -2.32. The minimum atomic E-state index is -1.07.